The van der Waals surface area contributed by atoms with Crippen LogP contribution in [0.5, 0.6) is 5.88 Å². The summed E-state index contributed by atoms with van der Waals surface area (Å²) in [6.07, 6.45) is 5.32. The average Bonchev–Trinajstić information content (AvgIpc) is 3.25. The van der Waals surface area contributed by atoms with Gasteiger partial charge in [-0.25, -0.2) is 4.98 Å². The van der Waals surface area contributed by atoms with Crippen molar-refractivity contribution >= 4 is 35.2 Å². The fraction of sp³-hybridized carbons (Fsp3) is 0.391. The van der Waals surface area contributed by atoms with Crippen molar-refractivity contribution in [1.29, 1.82) is 0 Å². The normalized spacial score (nSPS) is 15.3. The van der Waals surface area contributed by atoms with Gasteiger partial charge < -0.3 is 34.3 Å². The molecule has 3 aromatic carbocycles. The third-order valence-electron chi connectivity index (χ3n) is 11.0. The maximum absolute atomic E-state index is 14.8. The third kappa shape index (κ3) is 11.4. The quantitative estimate of drug-likeness (QED) is 0.163. The van der Waals surface area contributed by atoms with Crippen molar-refractivity contribution in [2.75, 3.05) is 89.0 Å². The molecule has 58 heavy (non-hydrogen) atoms. The van der Waals surface area contributed by atoms with Crippen molar-refractivity contribution in [3.8, 4) is 5.88 Å². The highest BCUT2D eigenvalue weighted by Crippen LogP contribution is 2.23. The van der Waals surface area contributed by atoms with Crippen LogP contribution in [0.25, 0.3) is 6.08 Å². The molecule has 306 valence electrons. The first-order valence-corrected chi connectivity index (χ1v) is 20.3. The first kappa shape index (κ1) is 41.9. The molecular formula is C46H57N7O5. The number of benzene rings is 3. The van der Waals surface area contributed by atoms with Gasteiger partial charge in [0.25, 0.3) is 0 Å². The van der Waals surface area contributed by atoms with E-state index in [1.165, 1.54) is 11.6 Å². The number of hydrogen-bond donors (Lipinski definition) is 1. The Balaban J connectivity index is 1.21. The lowest BCUT2D eigenvalue weighted by molar-refractivity contribution is -0.145. The second kappa shape index (κ2) is 20.6. The molecule has 12 heteroatoms. The topological polar surface area (TPSA) is 113 Å². The Morgan fingerprint density at radius 2 is 1.48 bits per heavy atom. The van der Waals surface area contributed by atoms with Crippen molar-refractivity contribution in [3.63, 3.8) is 0 Å². The minimum absolute atomic E-state index is 0.0655. The molecule has 3 amide bonds. The number of carbonyl (C=O) groups is 3. The van der Waals surface area contributed by atoms with Gasteiger partial charge in [-0.15, -0.1) is 0 Å². The third-order valence-corrected chi connectivity index (χ3v) is 11.0. The second-order valence-electron chi connectivity index (χ2n) is 14.9. The van der Waals surface area contributed by atoms with E-state index >= 15 is 0 Å². The van der Waals surface area contributed by atoms with Gasteiger partial charge in [0.1, 0.15) is 6.04 Å². The van der Waals surface area contributed by atoms with Crippen molar-refractivity contribution in [2.24, 2.45) is 0 Å². The number of rotatable bonds is 16. The van der Waals surface area contributed by atoms with Gasteiger partial charge in [-0.05, 0) is 65.6 Å². The standard InChI is InChI=1S/C46H57N7O5/c1-4-58-44-20-14-38(33-47-44)15-21-45(56)53(35-40-12-18-42(19-13-40)51-28-26-50(27-29-51)36(2)55)43(32-37-8-6-5-7-9-37)46(57)52-24-22-49(23-25-52)34-39-10-16-41(17-11-39)48(3)30-31-54/h5-21,33,43,54H,4,22-32,34-35H2,1-3H3/t43-/m0/s1. The Morgan fingerprint density at radius 1 is 0.810 bits per heavy atom. The zero-order chi connectivity index (χ0) is 40.9. The van der Waals surface area contributed by atoms with E-state index in [4.69, 9.17) is 4.74 Å². The largest absolute Gasteiger partial charge is 0.478 e. The molecule has 0 saturated carbocycles. The van der Waals surface area contributed by atoms with Crippen LogP contribution in [-0.2, 0) is 33.9 Å². The van der Waals surface area contributed by atoms with Crippen molar-refractivity contribution in [2.45, 2.75) is 39.4 Å². The summed E-state index contributed by atoms with van der Waals surface area (Å²) in [7, 11) is 1.97. The number of hydrogen-bond acceptors (Lipinski definition) is 9. The molecule has 2 aliphatic heterocycles. The van der Waals surface area contributed by atoms with E-state index in [9.17, 15) is 19.5 Å². The molecule has 1 aromatic heterocycles. The summed E-state index contributed by atoms with van der Waals surface area (Å²) in [5.74, 6) is 0.285. The van der Waals surface area contributed by atoms with Crippen LogP contribution in [0.1, 0.15) is 36.1 Å². The molecule has 6 rings (SSSR count). The number of aliphatic hydroxyl groups excluding tert-OH is 1. The second-order valence-corrected chi connectivity index (χ2v) is 14.9. The zero-order valence-electron chi connectivity index (χ0n) is 34.1. The monoisotopic (exact) mass is 787 g/mol. The zero-order valence-corrected chi connectivity index (χ0v) is 34.1. The molecular weight excluding hydrogens is 731 g/mol. The summed E-state index contributed by atoms with van der Waals surface area (Å²) in [6.45, 7) is 11.2. The fourth-order valence-corrected chi connectivity index (χ4v) is 7.52. The average molecular weight is 788 g/mol. The van der Waals surface area contributed by atoms with Crippen LogP contribution in [0, 0.1) is 0 Å². The summed E-state index contributed by atoms with van der Waals surface area (Å²) < 4.78 is 5.50. The number of carbonyl (C=O) groups excluding carboxylic acids is 3. The van der Waals surface area contributed by atoms with Crippen molar-refractivity contribution in [3.05, 3.63) is 126 Å². The van der Waals surface area contributed by atoms with E-state index in [1.54, 1.807) is 30.2 Å². The first-order chi connectivity index (χ1) is 28.2. The van der Waals surface area contributed by atoms with E-state index in [-0.39, 0.29) is 30.9 Å². The molecule has 2 aliphatic rings. The summed E-state index contributed by atoms with van der Waals surface area (Å²) >= 11 is 0. The molecule has 0 unspecified atom stereocenters. The van der Waals surface area contributed by atoms with Gasteiger partial charge >= 0.3 is 0 Å². The minimum Gasteiger partial charge on any atom is -0.478 e. The van der Waals surface area contributed by atoms with Gasteiger partial charge in [-0.2, -0.15) is 0 Å². The van der Waals surface area contributed by atoms with Gasteiger partial charge in [-0.1, -0.05) is 54.6 Å². The van der Waals surface area contributed by atoms with Crippen molar-refractivity contribution < 1.29 is 24.2 Å². The Kier molecular flexibility index (Phi) is 14.9. The maximum Gasteiger partial charge on any atom is 0.247 e. The lowest BCUT2D eigenvalue weighted by atomic mass is 10.0. The molecule has 2 saturated heterocycles. The number of pyridine rings is 1. The molecule has 0 aliphatic carbocycles. The van der Waals surface area contributed by atoms with Gasteiger partial charge in [0, 0.05) is 122 Å². The Morgan fingerprint density at radius 3 is 2.10 bits per heavy atom. The van der Waals surface area contributed by atoms with Crippen LogP contribution in [0.4, 0.5) is 11.4 Å². The fourth-order valence-electron chi connectivity index (χ4n) is 7.52. The molecule has 0 bridgehead atoms. The number of anilines is 2. The summed E-state index contributed by atoms with van der Waals surface area (Å²) in [6, 6.07) is 29.4. The summed E-state index contributed by atoms with van der Waals surface area (Å²) in [5, 5.41) is 9.30. The van der Waals surface area contributed by atoms with E-state index in [1.807, 2.05) is 77.2 Å². The smallest absolute Gasteiger partial charge is 0.247 e. The number of nitrogens with zero attached hydrogens (tertiary/aromatic N) is 7. The van der Waals surface area contributed by atoms with Crippen LogP contribution >= 0.6 is 0 Å². The maximum atomic E-state index is 14.8. The van der Waals surface area contributed by atoms with Gasteiger partial charge in [0.2, 0.25) is 23.6 Å². The molecule has 0 radical (unpaired) electrons. The molecule has 2 fully saturated rings. The lowest BCUT2D eigenvalue weighted by Gasteiger charge is -2.39. The number of piperazine rings is 2. The lowest BCUT2D eigenvalue weighted by Crippen LogP contribution is -2.56. The Hall–Kier alpha value is -5.72. The van der Waals surface area contributed by atoms with E-state index in [0.29, 0.717) is 51.6 Å². The predicted molar refractivity (Wildman–Crippen MR) is 228 cm³/mol. The molecule has 12 nitrogen and oxygen atoms in total. The highest BCUT2D eigenvalue weighted by molar-refractivity contribution is 5.95. The van der Waals surface area contributed by atoms with Crippen LogP contribution in [-0.4, -0.2) is 133 Å². The SMILES string of the molecule is CCOc1ccc(C=CC(=O)N(Cc2ccc(N3CCN(C(C)=O)CC3)cc2)[C@@H](Cc2ccccc2)C(=O)N2CCN(Cc3ccc(N(C)CCO)cc3)CC2)cn1. The van der Waals surface area contributed by atoms with Crippen LogP contribution in [0.3, 0.4) is 0 Å². The van der Waals surface area contributed by atoms with Crippen LogP contribution in [0.15, 0.2) is 103 Å². The molecule has 3 heterocycles. The molecule has 1 atom stereocenters. The number of aliphatic hydroxyl groups is 1. The van der Waals surface area contributed by atoms with E-state index in [0.717, 1.165) is 60.8 Å². The van der Waals surface area contributed by atoms with Gasteiger partial charge in [0.05, 0.1) is 13.2 Å². The summed E-state index contributed by atoms with van der Waals surface area (Å²) in [5.41, 5.74) is 5.96. The van der Waals surface area contributed by atoms with Gasteiger partial charge in [0.15, 0.2) is 0 Å². The molecule has 0 spiro atoms. The molecule has 1 N–H and O–H groups in total. The predicted octanol–water partition coefficient (Wildman–Crippen LogP) is 4.58. The number of amides is 3. The number of likely N-dealkylation sites (N-methyl/N-ethyl adjacent to an activating group) is 1. The van der Waals surface area contributed by atoms with Gasteiger partial charge in [-0.3, -0.25) is 19.3 Å². The highest BCUT2D eigenvalue weighted by atomic mass is 16.5. The first-order valence-electron chi connectivity index (χ1n) is 20.3. The Labute approximate surface area is 342 Å². The minimum atomic E-state index is -0.743. The number of ether oxygens (including phenoxy) is 1. The van der Waals surface area contributed by atoms with Crippen LogP contribution < -0.4 is 14.5 Å². The van der Waals surface area contributed by atoms with E-state index < -0.39 is 6.04 Å². The number of aromatic nitrogens is 1. The van der Waals surface area contributed by atoms with Crippen LogP contribution in [0.2, 0.25) is 0 Å². The Bertz CT molecular complexity index is 1940. The summed E-state index contributed by atoms with van der Waals surface area (Å²) in [4.78, 5) is 57.6. The van der Waals surface area contributed by atoms with E-state index in [2.05, 4.69) is 51.2 Å². The highest BCUT2D eigenvalue weighted by Gasteiger charge is 2.34. The molecule has 4 aromatic rings. The van der Waals surface area contributed by atoms with Crippen molar-refractivity contribution in [1.82, 2.24) is 24.6 Å².